The number of alkyl halides is 3. The lowest BCUT2D eigenvalue weighted by atomic mass is 10.1. The lowest BCUT2D eigenvalue weighted by molar-refractivity contribution is -0.144. The van der Waals surface area contributed by atoms with Crippen LogP contribution in [0.15, 0.2) is 22.7 Å². The van der Waals surface area contributed by atoms with Crippen LogP contribution in [0.2, 0.25) is 0 Å². The van der Waals surface area contributed by atoms with Crippen molar-refractivity contribution in [2.45, 2.75) is 45.8 Å². The standard InChI is InChI=1S/C15H19BrF3NO/c1-4-11(5-2)20(9-15(17,18)19)14(21)12-7-6-10(3)8-13(12)16/h6-8,11H,4-5,9H2,1-3H3. The van der Waals surface area contributed by atoms with E-state index in [4.69, 9.17) is 0 Å². The van der Waals surface area contributed by atoms with Gasteiger partial charge in [0.1, 0.15) is 6.54 Å². The highest BCUT2D eigenvalue weighted by atomic mass is 79.9. The predicted molar refractivity (Wildman–Crippen MR) is 80.3 cm³/mol. The van der Waals surface area contributed by atoms with E-state index >= 15 is 0 Å². The molecule has 0 unspecified atom stereocenters. The third-order valence-electron chi connectivity index (χ3n) is 3.35. The number of nitrogens with zero attached hydrogens (tertiary/aromatic N) is 1. The van der Waals surface area contributed by atoms with E-state index < -0.39 is 24.7 Å². The lowest BCUT2D eigenvalue weighted by Gasteiger charge is -2.31. The second-order valence-electron chi connectivity index (χ2n) is 5.00. The average Bonchev–Trinajstić information content (AvgIpc) is 2.37. The molecule has 0 heterocycles. The minimum atomic E-state index is -4.41. The zero-order chi connectivity index (χ0) is 16.2. The Balaban J connectivity index is 3.15. The van der Waals surface area contributed by atoms with Gasteiger partial charge in [-0.05, 0) is 53.4 Å². The van der Waals surface area contributed by atoms with Crippen molar-refractivity contribution in [3.8, 4) is 0 Å². The first-order chi connectivity index (χ1) is 9.69. The molecule has 0 N–H and O–H groups in total. The third-order valence-corrected chi connectivity index (χ3v) is 4.00. The van der Waals surface area contributed by atoms with Gasteiger partial charge in [0, 0.05) is 10.5 Å². The van der Waals surface area contributed by atoms with Crippen molar-refractivity contribution in [1.82, 2.24) is 4.90 Å². The van der Waals surface area contributed by atoms with Gasteiger partial charge in [-0.1, -0.05) is 19.9 Å². The molecule has 0 aromatic heterocycles. The number of amides is 1. The van der Waals surface area contributed by atoms with Crippen molar-refractivity contribution in [2.24, 2.45) is 0 Å². The number of hydrogen-bond acceptors (Lipinski definition) is 1. The molecule has 0 atom stereocenters. The first kappa shape index (κ1) is 18.0. The molecule has 1 rings (SSSR count). The molecule has 2 nitrogen and oxygen atoms in total. The Kier molecular flexibility index (Phi) is 6.25. The molecule has 21 heavy (non-hydrogen) atoms. The quantitative estimate of drug-likeness (QED) is 0.722. The molecule has 0 aliphatic rings. The van der Waals surface area contributed by atoms with Crippen LogP contribution in [0, 0.1) is 6.92 Å². The van der Waals surface area contributed by atoms with E-state index in [0.717, 1.165) is 10.5 Å². The Hall–Kier alpha value is -1.04. The number of aryl methyl sites for hydroxylation is 1. The molecule has 1 aromatic carbocycles. The number of carbonyl (C=O) groups is 1. The zero-order valence-corrected chi connectivity index (χ0v) is 13.9. The van der Waals surface area contributed by atoms with Gasteiger partial charge >= 0.3 is 6.18 Å². The summed E-state index contributed by atoms with van der Waals surface area (Å²) >= 11 is 3.26. The maximum atomic E-state index is 12.8. The van der Waals surface area contributed by atoms with Crippen molar-refractivity contribution in [1.29, 1.82) is 0 Å². The second-order valence-corrected chi connectivity index (χ2v) is 5.86. The number of rotatable bonds is 5. The molecule has 0 spiro atoms. The minimum absolute atomic E-state index is 0.261. The van der Waals surface area contributed by atoms with Gasteiger partial charge in [-0.3, -0.25) is 4.79 Å². The lowest BCUT2D eigenvalue weighted by Crippen LogP contribution is -2.45. The summed E-state index contributed by atoms with van der Waals surface area (Å²) < 4.78 is 38.8. The third kappa shape index (κ3) is 5.02. The van der Waals surface area contributed by atoms with Crippen LogP contribution in [0.25, 0.3) is 0 Å². The molecule has 118 valence electrons. The topological polar surface area (TPSA) is 20.3 Å². The van der Waals surface area contributed by atoms with E-state index in [2.05, 4.69) is 15.9 Å². The smallest absolute Gasteiger partial charge is 0.327 e. The van der Waals surface area contributed by atoms with Crippen LogP contribution in [0.1, 0.15) is 42.6 Å². The van der Waals surface area contributed by atoms with Crippen molar-refractivity contribution in [3.05, 3.63) is 33.8 Å². The van der Waals surface area contributed by atoms with Gasteiger partial charge in [0.05, 0.1) is 5.56 Å². The summed E-state index contributed by atoms with van der Waals surface area (Å²) in [6, 6.07) is 4.59. The molecule has 1 amide bonds. The Morgan fingerprint density at radius 3 is 2.29 bits per heavy atom. The van der Waals surface area contributed by atoms with Gasteiger partial charge in [0.15, 0.2) is 0 Å². The number of halogens is 4. The highest BCUT2D eigenvalue weighted by Crippen LogP contribution is 2.25. The van der Waals surface area contributed by atoms with E-state index in [1.54, 1.807) is 32.0 Å². The Labute approximate surface area is 131 Å². The van der Waals surface area contributed by atoms with Crippen molar-refractivity contribution in [2.75, 3.05) is 6.54 Å². The van der Waals surface area contributed by atoms with Crippen LogP contribution in [0.5, 0.6) is 0 Å². The Morgan fingerprint density at radius 2 is 1.86 bits per heavy atom. The van der Waals surface area contributed by atoms with Gasteiger partial charge in [-0.2, -0.15) is 13.2 Å². The highest BCUT2D eigenvalue weighted by Gasteiger charge is 2.36. The number of benzene rings is 1. The normalized spacial score (nSPS) is 11.8. The molecule has 0 saturated carbocycles. The van der Waals surface area contributed by atoms with E-state index in [1.165, 1.54) is 0 Å². The fourth-order valence-electron chi connectivity index (χ4n) is 2.24. The van der Waals surface area contributed by atoms with E-state index in [0.29, 0.717) is 17.3 Å². The maximum absolute atomic E-state index is 12.8. The maximum Gasteiger partial charge on any atom is 0.406 e. The molecule has 1 aromatic rings. The summed E-state index contributed by atoms with van der Waals surface area (Å²) in [6.07, 6.45) is -3.43. The van der Waals surface area contributed by atoms with Crippen molar-refractivity contribution >= 4 is 21.8 Å². The summed E-state index contributed by atoms with van der Waals surface area (Å²) in [5, 5.41) is 0. The molecule has 0 radical (unpaired) electrons. The molecular weight excluding hydrogens is 347 g/mol. The van der Waals surface area contributed by atoms with E-state index in [-0.39, 0.29) is 5.56 Å². The SMILES string of the molecule is CCC(CC)N(CC(F)(F)F)C(=O)c1ccc(C)cc1Br. The second kappa shape index (κ2) is 7.29. The van der Waals surface area contributed by atoms with E-state index in [9.17, 15) is 18.0 Å². The van der Waals surface area contributed by atoms with Crippen molar-refractivity contribution < 1.29 is 18.0 Å². The molecule has 0 bridgehead atoms. The number of hydrogen-bond donors (Lipinski definition) is 0. The Bertz CT molecular complexity index is 498. The van der Waals surface area contributed by atoms with Gasteiger partial charge in [0.2, 0.25) is 0 Å². The summed E-state index contributed by atoms with van der Waals surface area (Å²) in [5.74, 6) is -0.590. The van der Waals surface area contributed by atoms with E-state index in [1.807, 2.05) is 6.92 Å². The minimum Gasteiger partial charge on any atom is -0.327 e. The fraction of sp³-hybridized carbons (Fsp3) is 0.533. The summed E-state index contributed by atoms with van der Waals surface area (Å²) in [5.41, 5.74) is 1.19. The summed E-state index contributed by atoms with van der Waals surface area (Å²) in [7, 11) is 0. The first-order valence-corrected chi connectivity index (χ1v) is 7.62. The summed E-state index contributed by atoms with van der Waals surface area (Å²) in [6.45, 7) is 4.20. The fourth-order valence-corrected chi connectivity index (χ4v) is 2.90. The molecule has 0 aliphatic carbocycles. The van der Waals surface area contributed by atoms with Crippen LogP contribution in [0.3, 0.4) is 0 Å². The molecule has 0 saturated heterocycles. The van der Waals surface area contributed by atoms with Crippen LogP contribution in [0.4, 0.5) is 13.2 Å². The van der Waals surface area contributed by atoms with Crippen LogP contribution in [-0.4, -0.2) is 29.6 Å². The average molecular weight is 366 g/mol. The molecule has 0 fully saturated rings. The molecular formula is C15H19BrF3NO. The predicted octanol–water partition coefficient (Wildman–Crippen LogP) is 4.95. The molecule has 0 aliphatic heterocycles. The van der Waals surface area contributed by atoms with Crippen LogP contribution < -0.4 is 0 Å². The highest BCUT2D eigenvalue weighted by molar-refractivity contribution is 9.10. The first-order valence-electron chi connectivity index (χ1n) is 6.83. The monoisotopic (exact) mass is 365 g/mol. The van der Waals surface area contributed by atoms with Crippen molar-refractivity contribution in [3.63, 3.8) is 0 Å². The van der Waals surface area contributed by atoms with Gasteiger partial charge in [0.25, 0.3) is 5.91 Å². The van der Waals surface area contributed by atoms with Gasteiger partial charge < -0.3 is 4.90 Å². The Morgan fingerprint density at radius 1 is 1.29 bits per heavy atom. The largest absolute Gasteiger partial charge is 0.406 e. The zero-order valence-electron chi connectivity index (χ0n) is 12.3. The van der Waals surface area contributed by atoms with Gasteiger partial charge in [-0.25, -0.2) is 0 Å². The molecule has 6 heteroatoms. The summed E-state index contributed by atoms with van der Waals surface area (Å²) in [4.78, 5) is 13.4. The van der Waals surface area contributed by atoms with Gasteiger partial charge in [-0.15, -0.1) is 0 Å². The van der Waals surface area contributed by atoms with Crippen LogP contribution >= 0.6 is 15.9 Å². The van der Waals surface area contributed by atoms with Crippen LogP contribution in [-0.2, 0) is 0 Å². The number of carbonyl (C=O) groups excluding carboxylic acids is 1.